The number of rotatable bonds is 5. The molecule has 0 aliphatic rings. The van der Waals surface area contributed by atoms with Gasteiger partial charge in [-0.15, -0.1) is 0 Å². The van der Waals surface area contributed by atoms with Crippen molar-refractivity contribution in [2.75, 3.05) is 0 Å². The van der Waals surface area contributed by atoms with Crippen molar-refractivity contribution in [2.45, 2.75) is 52.6 Å². The van der Waals surface area contributed by atoms with Gasteiger partial charge in [0.05, 0.1) is 27.7 Å². The molecular formula is C24H26ClF2N3O3. The monoisotopic (exact) mass is 477 g/mol. The van der Waals surface area contributed by atoms with E-state index in [1.165, 1.54) is 11.0 Å². The molecular weight excluding hydrogens is 452 g/mol. The number of benzene rings is 2. The maximum atomic E-state index is 14.2. The van der Waals surface area contributed by atoms with Gasteiger partial charge in [0.25, 0.3) is 5.56 Å². The first-order chi connectivity index (χ1) is 15.3. The highest BCUT2D eigenvalue weighted by atomic mass is 35.5. The molecule has 9 heteroatoms. The average molecular weight is 478 g/mol. The molecule has 0 aliphatic carbocycles. The second kappa shape index (κ2) is 9.09. The summed E-state index contributed by atoms with van der Waals surface area (Å²) >= 11 is 6.28. The van der Waals surface area contributed by atoms with Crippen molar-refractivity contribution < 1.29 is 18.7 Å². The van der Waals surface area contributed by atoms with Crippen LogP contribution in [0.5, 0.6) is 0 Å². The number of amides is 1. The molecule has 33 heavy (non-hydrogen) atoms. The van der Waals surface area contributed by atoms with Crippen LogP contribution in [0.15, 0.2) is 41.2 Å². The zero-order valence-electron chi connectivity index (χ0n) is 19.1. The number of carbonyl (C=O) groups is 1. The Morgan fingerprint density at radius 2 is 1.79 bits per heavy atom. The van der Waals surface area contributed by atoms with E-state index in [-0.39, 0.29) is 33.4 Å². The second-order valence-electron chi connectivity index (χ2n) is 9.34. The molecule has 6 nitrogen and oxygen atoms in total. The van der Waals surface area contributed by atoms with Crippen LogP contribution in [0, 0.1) is 17.6 Å². The molecule has 1 amide bonds. The summed E-state index contributed by atoms with van der Waals surface area (Å²) in [7, 11) is 0. The maximum absolute atomic E-state index is 14.2. The lowest BCUT2D eigenvalue weighted by Crippen LogP contribution is -2.49. The molecule has 0 bridgehead atoms. The molecule has 0 radical (unpaired) electrons. The van der Waals surface area contributed by atoms with Crippen LogP contribution in [-0.2, 0) is 0 Å². The molecule has 0 saturated carbocycles. The van der Waals surface area contributed by atoms with E-state index in [2.05, 4.69) is 4.98 Å². The van der Waals surface area contributed by atoms with Crippen molar-refractivity contribution in [1.29, 1.82) is 0 Å². The van der Waals surface area contributed by atoms with E-state index in [0.717, 1.165) is 16.7 Å². The van der Waals surface area contributed by atoms with Gasteiger partial charge < -0.3 is 5.11 Å². The van der Waals surface area contributed by atoms with Crippen molar-refractivity contribution in [3.05, 3.63) is 69.2 Å². The molecule has 0 fully saturated rings. The van der Waals surface area contributed by atoms with Gasteiger partial charge >= 0.3 is 6.09 Å². The van der Waals surface area contributed by atoms with Crippen molar-refractivity contribution in [3.8, 4) is 5.69 Å². The van der Waals surface area contributed by atoms with Crippen molar-refractivity contribution >= 4 is 28.6 Å². The fraction of sp³-hybridized carbons (Fsp3) is 0.375. The second-order valence-corrected chi connectivity index (χ2v) is 9.75. The van der Waals surface area contributed by atoms with E-state index < -0.39 is 34.9 Å². The Morgan fingerprint density at radius 1 is 1.18 bits per heavy atom. The van der Waals surface area contributed by atoms with Gasteiger partial charge in [0, 0.05) is 11.6 Å². The normalized spacial score (nSPS) is 12.9. The summed E-state index contributed by atoms with van der Waals surface area (Å²) in [6, 6.07) is 6.57. The number of halogens is 3. The van der Waals surface area contributed by atoms with E-state index in [1.807, 2.05) is 13.8 Å². The first-order valence-corrected chi connectivity index (χ1v) is 10.9. The molecule has 3 rings (SSSR count). The van der Waals surface area contributed by atoms with Crippen molar-refractivity contribution in [1.82, 2.24) is 14.5 Å². The molecule has 2 aromatic carbocycles. The van der Waals surface area contributed by atoms with Crippen LogP contribution in [0.1, 0.15) is 52.9 Å². The Labute approximate surface area is 195 Å². The summed E-state index contributed by atoms with van der Waals surface area (Å²) < 4.78 is 29.4. The van der Waals surface area contributed by atoms with Crippen LogP contribution >= 0.6 is 11.6 Å². The van der Waals surface area contributed by atoms with E-state index in [1.54, 1.807) is 32.9 Å². The van der Waals surface area contributed by atoms with Crippen molar-refractivity contribution in [2.24, 2.45) is 5.92 Å². The van der Waals surface area contributed by atoms with Gasteiger partial charge in [0.2, 0.25) is 0 Å². The molecule has 1 N–H and O–H groups in total. The number of carboxylic acid groups (broad SMARTS) is 1. The minimum absolute atomic E-state index is 0.0175. The maximum Gasteiger partial charge on any atom is 0.408 e. The molecule has 0 unspecified atom stereocenters. The summed E-state index contributed by atoms with van der Waals surface area (Å²) in [5, 5.41) is 10.3. The molecule has 176 valence electrons. The molecule has 1 atom stereocenters. The first-order valence-electron chi connectivity index (χ1n) is 10.5. The topological polar surface area (TPSA) is 75.4 Å². The molecule has 0 saturated heterocycles. The van der Waals surface area contributed by atoms with Gasteiger partial charge in [0.1, 0.15) is 17.5 Å². The largest absolute Gasteiger partial charge is 0.465 e. The molecule has 1 aromatic heterocycles. The predicted molar refractivity (Wildman–Crippen MR) is 124 cm³/mol. The number of nitrogens with zero attached hydrogens (tertiary/aromatic N) is 3. The Kier molecular flexibility index (Phi) is 6.79. The van der Waals surface area contributed by atoms with Crippen LogP contribution in [0.3, 0.4) is 0 Å². The smallest absolute Gasteiger partial charge is 0.408 e. The van der Waals surface area contributed by atoms with Gasteiger partial charge in [0.15, 0.2) is 0 Å². The van der Waals surface area contributed by atoms with Gasteiger partial charge in [-0.1, -0.05) is 31.5 Å². The summed E-state index contributed by atoms with van der Waals surface area (Å²) in [6.07, 6.45) is -0.884. The third-order valence-corrected chi connectivity index (χ3v) is 5.53. The number of hydrogen-bond donors (Lipinski definition) is 1. The highest BCUT2D eigenvalue weighted by molar-refractivity contribution is 6.35. The average Bonchev–Trinajstić information content (AvgIpc) is 2.64. The van der Waals surface area contributed by atoms with E-state index >= 15 is 0 Å². The number of aromatic nitrogens is 2. The Bertz CT molecular complexity index is 1250. The SMILES string of the molecule is CC(C)C[C@@H](c1nc2cccc(Cl)c2c(=O)n1-c1cc(F)cc(F)c1)N(C(=O)O)C(C)(C)C. The van der Waals surface area contributed by atoms with Gasteiger partial charge in [-0.3, -0.25) is 14.3 Å². The van der Waals surface area contributed by atoms with Crippen molar-refractivity contribution in [3.63, 3.8) is 0 Å². The minimum Gasteiger partial charge on any atom is -0.465 e. The summed E-state index contributed by atoms with van der Waals surface area (Å²) in [5.74, 6) is -1.68. The lowest BCUT2D eigenvalue weighted by molar-refractivity contribution is 0.0586. The quantitative estimate of drug-likeness (QED) is 0.476. The van der Waals surface area contributed by atoms with Gasteiger partial charge in [-0.05, 0) is 57.4 Å². The fourth-order valence-electron chi connectivity index (χ4n) is 4.01. The van der Waals surface area contributed by atoms with Crippen LogP contribution in [0.2, 0.25) is 5.02 Å². The Hall–Kier alpha value is -3.00. The van der Waals surface area contributed by atoms with E-state index in [9.17, 15) is 23.5 Å². The predicted octanol–water partition coefficient (Wildman–Crippen LogP) is 6.18. The lowest BCUT2D eigenvalue weighted by Gasteiger charge is -2.40. The van der Waals surface area contributed by atoms with E-state index in [0.29, 0.717) is 12.5 Å². The van der Waals surface area contributed by atoms with Gasteiger partial charge in [-0.2, -0.15) is 0 Å². The van der Waals surface area contributed by atoms with Crippen LogP contribution in [-0.4, -0.2) is 31.2 Å². The van der Waals surface area contributed by atoms with Crippen LogP contribution in [0.25, 0.3) is 16.6 Å². The number of fused-ring (bicyclic) bond motifs is 1. The molecule has 1 heterocycles. The fourth-order valence-corrected chi connectivity index (χ4v) is 4.26. The third-order valence-electron chi connectivity index (χ3n) is 5.21. The molecule has 0 spiro atoms. The molecule has 0 aliphatic heterocycles. The summed E-state index contributed by atoms with van der Waals surface area (Å²) in [5.41, 5.74) is -1.33. The zero-order chi connectivity index (χ0) is 24.7. The third kappa shape index (κ3) is 5.00. The number of hydrogen-bond acceptors (Lipinski definition) is 3. The highest BCUT2D eigenvalue weighted by Gasteiger charge is 2.37. The van der Waals surface area contributed by atoms with Crippen LogP contribution in [0.4, 0.5) is 13.6 Å². The Balaban J connectivity index is 2.49. The lowest BCUT2D eigenvalue weighted by atomic mass is 9.96. The molecule has 3 aromatic rings. The van der Waals surface area contributed by atoms with E-state index in [4.69, 9.17) is 11.6 Å². The summed E-state index contributed by atoms with van der Waals surface area (Å²) in [4.78, 5) is 31.9. The van der Waals surface area contributed by atoms with Gasteiger partial charge in [-0.25, -0.2) is 18.6 Å². The standard InChI is InChI=1S/C24H26ClF2N3O3/c1-13(2)9-19(30(23(32)33)24(3,4)5)21-28-18-8-6-7-17(25)20(18)22(31)29(21)16-11-14(26)10-15(27)12-16/h6-8,10-13,19H,9H2,1-5H3,(H,32,33)/t19-/m0/s1. The van der Waals surface area contributed by atoms with Crippen LogP contribution < -0.4 is 5.56 Å². The Morgan fingerprint density at radius 3 is 2.30 bits per heavy atom. The summed E-state index contributed by atoms with van der Waals surface area (Å²) in [6.45, 7) is 9.03. The first kappa shape index (κ1) is 24.6. The minimum atomic E-state index is -1.20. The zero-order valence-corrected chi connectivity index (χ0v) is 19.8. The highest BCUT2D eigenvalue weighted by Crippen LogP contribution is 2.34.